The van der Waals surface area contributed by atoms with E-state index in [1.165, 1.54) is 0 Å². The van der Waals surface area contributed by atoms with Crippen LogP contribution >= 0.6 is 11.6 Å². The zero-order valence-electron chi connectivity index (χ0n) is 8.33. The Bertz CT molecular complexity index is 746. The van der Waals surface area contributed by atoms with E-state index >= 15 is 0 Å². The van der Waals surface area contributed by atoms with Crippen molar-refractivity contribution < 1.29 is 0 Å². The van der Waals surface area contributed by atoms with Crippen molar-refractivity contribution in [3.63, 3.8) is 0 Å². The number of hydrogen-bond donors (Lipinski definition) is 1. The number of pyridine rings is 1. The first-order valence-corrected chi connectivity index (χ1v) is 5.34. The third-order valence-corrected chi connectivity index (χ3v) is 2.90. The molecular weight excluding hydrogens is 222 g/mol. The van der Waals surface area contributed by atoms with Crippen molar-refractivity contribution in [2.75, 3.05) is 0 Å². The van der Waals surface area contributed by atoms with Gasteiger partial charge in [0.15, 0.2) is 5.43 Å². The number of para-hydroxylation sites is 1. The van der Waals surface area contributed by atoms with Crippen LogP contribution in [0.1, 0.15) is 0 Å². The van der Waals surface area contributed by atoms with Gasteiger partial charge in [-0.15, -0.1) is 0 Å². The van der Waals surface area contributed by atoms with Crippen LogP contribution in [0.15, 0.2) is 47.3 Å². The molecule has 1 heterocycles. The normalized spacial score (nSPS) is 11.1. The third-order valence-electron chi connectivity index (χ3n) is 2.67. The molecule has 0 saturated heterocycles. The van der Waals surface area contributed by atoms with Crippen LogP contribution in [0, 0.1) is 0 Å². The average Bonchev–Trinajstić information content (AvgIpc) is 2.29. The summed E-state index contributed by atoms with van der Waals surface area (Å²) in [5.74, 6) is 0. The topological polar surface area (TPSA) is 32.9 Å². The second-order valence-corrected chi connectivity index (χ2v) is 4.13. The van der Waals surface area contributed by atoms with Crippen molar-refractivity contribution in [1.82, 2.24) is 4.98 Å². The lowest BCUT2D eigenvalue weighted by Gasteiger charge is -2.02. The molecule has 0 spiro atoms. The van der Waals surface area contributed by atoms with Gasteiger partial charge in [-0.2, -0.15) is 0 Å². The van der Waals surface area contributed by atoms with Gasteiger partial charge in [0.25, 0.3) is 0 Å². The van der Waals surface area contributed by atoms with Crippen LogP contribution in [0.2, 0.25) is 5.02 Å². The summed E-state index contributed by atoms with van der Waals surface area (Å²) < 4.78 is 0. The van der Waals surface area contributed by atoms with Crippen LogP contribution < -0.4 is 5.43 Å². The molecule has 0 unspecified atom stereocenters. The number of aromatic amines is 1. The number of fused-ring (bicyclic) bond motifs is 2. The summed E-state index contributed by atoms with van der Waals surface area (Å²) in [6.45, 7) is 0. The standard InChI is InChI=1S/C13H8ClNO/c14-8-5-6-10-12(7-8)15-11-4-2-1-3-9(11)13(10)16/h1-7H,(H,15,16). The predicted octanol–water partition coefficient (Wildman–Crippen LogP) is 3.33. The minimum Gasteiger partial charge on any atom is -0.354 e. The van der Waals surface area contributed by atoms with Crippen LogP contribution in [-0.2, 0) is 0 Å². The summed E-state index contributed by atoms with van der Waals surface area (Å²) in [6, 6.07) is 12.7. The molecule has 0 aliphatic heterocycles. The molecule has 1 N–H and O–H groups in total. The number of rotatable bonds is 0. The molecule has 3 aromatic rings. The highest BCUT2D eigenvalue weighted by Gasteiger charge is 2.04. The quantitative estimate of drug-likeness (QED) is 0.590. The second-order valence-electron chi connectivity index (χ2n) is 3.69. The minimum atomic E-state index is 0.0426. The highest BCUT2D eigenvalue weighted by atomic mass is 35.5. The highest BCUT2D eigenvalue weighted by Crippen LogP contribution is 2.18. The van der Waals surface area contributed by atoms with Crippen molar-refractivity contribution in [2.24, 2.45) is 0 Å². The molecule has 3 rings (SSSR count). The summed E-state index contributed by atoms with van der Waals surface area (Å²) in [4.78, 5) is 15.3. The zero-order valence-corrected chi connectivity index (χ0v) is 9.08. The fraction of sp³-hybridized carbons (Fsp3) is 0. The Morgan fingerprint density at radius 1 is 0.938 bits per heavy atom. The molecule has 16 heavy (non-hydrogen) atoms. The molecule has 0 fully saturated rings. The number of benzene rings is 2. The molecule has 1 aromatic heterocycles. The van der Waals surface area contributed by atoms with Crippen LogP contribution in [0.5, 0.6) is 0 Å². The molecular formula is C13H8ClNO. The van der Waals surface area contributed by atoms with Crippen molar-refractivity contribution in [2.45, 2.75) is 0 Å². The molecule has 0 radical (unpaired) electrons. The maximum atomic E-state index is 12.1. The van der Waals surface area contributed by atoms with Crippen molar-refractivity contribution in [3.8, 4) is 0 Å². The molecule has 0 aliphatic carbocycles. The van der Waals surface area contributed by atoms with Gasteiger partial charge in [-0.3, -0.25) is 4.79 Å². The Hall–Kier alpha value is -1.80. The predicted molar refractivity (Wildman–Crippen MR) is 67.1 cm³/mol. The summed E-state index contributed by atoms with van der Waals surface area (Å²) >= 11 is 5.90. The van der Waals surface area contributed by atoms with E-state index in [-0.39, 0.29) is 5.43 Å². The molecule has 0 saturated carbocycles. The first kappa shape index (κ1) is 9.43. The molecule has 2 nitrogen and oxygen atoms in total. The first-order chi connectivity index (χ1) is 7.75. The molecule has 0 atom stereocenters. The number of aromatic nitrogens is 1. The van der Waals surface area contributed by atoms with Gasteiger partial charge in [0.05, 0.1) is 5.52 Å². The van der Waals surface area contributed by atoms with E-state index in [1.54, 1.807) is 18.2 Å². The lowest BCUT2D eigenvalue weighted by atomic mass is 10.1. The van der Waals surface area contributed by atoms with E-state index in [0.717, 1.165) is 11.0 Å². The Kier molecular flexibility index (Phi) is 1.98. The van der Waals surface area contributed by atoms with Gasteiger partial charge >= 0.3 is 0 Å². The number of nitrogens with one attached hydrogen (secondary N) is 1. The van der Waals surface area contributed by atoms with Gasteiger partial charge in [-0.05, 0) is 30.3 Å². The molecule has 0 amide bonds. The van der Waals surface area contributed by atoms with E-state index in [0.29, 0.717) is 15.8 Å². The van der Waals surface area contributed by atoms with E-state index in [9.17, 15) is 4.79 Å². The number of hydrogen-bond acceptors (Lipinski definition) is 1. The molecule has 3 heteroatoms. The van der Waals surface area contributed by atoms with E-state index in [4.69, 9.17) is 11.6 Å². The smallest absolute Gasteiger partial charge is 0.197 e. The molecule has 0 bridgehead atoms. The Morgan fingerprint density at radius 3 is 2.56 bits per heavy atom. The monoisotopic (exact) mass is 229 g/mol. The Morgan fingerprint density at radius 2 is 1.69 bits per heavy atom. The van der Waals surface area contributed by atoms with Crippen LogP contribution in [0.4, 0.5) is 0 Å². The first-order valence-electron chi connectivity index (χ1n) is 4.96. The maximum absolute atomic E-state index is 12.1. The average molecular weight is 230 g/mol. The van der Waals surface area contributed by atoms with Crippen LogP contribution in [0.25, 0.3) is 21.8 Å². The maximum Gasteiger partial charge on any atom is 0.197 e. The fourth-order valence-electron chi connectivity index (χ4n) is 1.90. The van der Waals surface area contributed by atoms with Gasteiger partial charge in [0, 0.05) is 21.3 Å². The van der Waals surface area contributed by atoms with Crippen molar-refractivity contribution in [3.05, 3.63) is 57.7 Å². The van der Waals surface area contributed by atoms with Crippen LogP contribution in [0.3, 0.4) is 0 Å². The lowest BCUT2D eigenvalue weighted by Crippen LogP contribution is -2.03. The minimum absolute atomic E-state index is 0.0426. The highest BCUT2D eigenvalue weighted by molar-refractivity contribution is 6.31. The van der Waals surface area contributed by atoms with Crippen molar-refractivity contribution in [1.29, 1.82) is 0 Å². The summed E-state index contributed by atoms with van der Waals surface area (Å²) in [5.41, 5.74) is 1.65. The van der Waals surface area contributed by atoms with Gasteiger partial charge in [0.2, 0.25) is 0 Å². The second kappa shape index (κ2) is 3.35. The molecule has 78 valence electrons. The van der Waals surface area contributed by atoms with Crippen molar-refractivity contribution >= 4 is 33.4 Å². The summed E-state index contributed by atoms with van der Waals surface area (Å²) in [7, 11) is 0. The summed E-state index contributed by atoms with van der Waals surface area (Å²) in [5, 5.41) is 2.00. The molecule has 2 aromatic carbocycles. The van der Waals surface area contributed by atoms with Gasteiger partial charge in [-0.1, -0.05) is 23.7 Å². The number of H-pyrrole nitrogens is 1. The SMILES string of the molecule is O=c1c2ccccc2[nH]c2cc(Cl)ccc12. The van der Waals surface area contributed by atoms with E-state index in [1.807, 2.05) is 24.3 Å². The Labute approximate surface area is 96.5 Å². The largest absolute Gasteiger partial charge is 0.354 e. The lowest BCUT2D eigenvalue weighted by molar-refractivity contribution is 1.48. The van der Waals surface area contributed by atoms with Gasteiger partial charge in [-0.25, -0.2) is 0 Å². The fourth-order valence-corrected chi connectivity index (χ4v) is 2.07. The zero-order chi connectivity index (χ0) is 11.1. The molecule has 0 aliphatic rings. The van der Waals surface area contributed by atoms with Gasteiger partial charge in [0.1, 0.15) is 0 Å². The summed E-state index contributed by atoms with van der Waals surface area (Å²) in [6.07, 6.45) is 0. The van der Waals surface area contributed by atoms with E-state index < -0.39 is 0 Å². The van der Waals surface area contributed by atoms with E-state index in [2.05, 4.69) is 4.98 Å². The number of halogens is 1. The Balaban J connectivity index is 2.61. The van der Waals surface area contributed by atoms with Gasteiger partial charge < -0.3 is 4.98 Å². The van der Waals surface area contributed by atoms with Crippen LogP contribution in [-0.4, -0.2) is 4.98 Å². The third kappa shape index (κ3) is 1.31.